The SMILES string of the molecule is CC(O)c1cccc(OCc2ccc3c(c2)OCCO3)c1. The fourth-order valence-electron chi connectivity index (χ4n) is 2.21. The van der Waals surface area contributed by atoms with Crippen molar-refractivity contribution in [2.24, 2.45) is 0 Å². The van der Waals surface area contributed by atoms with Crippen molar-refractivity contribution in [3.63, 3.8) is 0 Å². The lowest BCUT2D eigenvalue weighted by Crippen LogP contribution is -2.15. The Morgan fingerprint density at radius 3 is 2.71 bits per heavy atom. The van der Waals surface area contributed by atoms with E-state index in [-0.39, 0.29) is 0 Å². The molecule has 1 aliphatic rings. The van der Waals surface area contributed by atoms with Gasteiger partial charge in [0.25, 0.3) is 0 Å². The molecule has 3 rings (SSSR count). The van der Waals surface area contributed by atoms with E-state index in [1.54, 1.807) is 6.92 Å². The molecule has 1 unspecified atom stereocenters. The number of aliphatic hydroxyl groups excluding tert-OH is 1. The summed E-state index contributed by atoms with van der Waals surface area (Å²) >= 11 is 0. The fourth-order valence-corrected chi connectivity index (χ4v) is 2.21. The van der Waals surface area contributed by atoms with Gasteiger partial charge in [0.2, 0.25) is 0 Å². The molecule has 1 atom stereocenters. The van der Waals surface area contributed by atoms with E-state index in [9.17, 15) is 5.11 Å². The van der Waals surface area contributed by atoms with Crippen LogP contribution in [0.2, 0.25) is 0 Å². The molecule has 0 radical (unpaired) electrons. The van der Waals surface area contributed by atoms with Crippen LogP contribution in [0.5, 0.6) is 17.2 Å². The predicted octanol–water partition coefficient (Wildman–Crippen LogP) is 3.09. The maximum atomic E-state index is 9.58. The van der Waals surface area contributed by atoms with E-state index in [2.05, 4.69) is 0 Å². The first-order valence-corrected chi connectivity index (χ1v) is 7.02. The molecule has 0 aromatic heterocycles. The maximum Gasteiger partial charge on any atom is 0.161 e. The molecule has 0 fully saturated rings. The summed E-state index contributed by atoms with van der Waals surface area (Å²) in [6, 6.07) is 13.3. The minimum atomic E-state index is -0.497. The third kappa shape index (κ3) is 3.28. The highest BCUT2D eigenvalue weighted by molar-refractivity contribution is 5.43. The Balaban J connectivity index is 1.68. The quantitative estimate of drug-likeness (QED) is 0.938. The summed E-state index contributed by atoms with van der Waals surface area (Å²) in [5.74, 6) is 2.28. The molecule has 0 saturated carbocycles. The molecule has 0 spiro atoms. The number of ether oxygens (including phenoxy) is 3. The average Bonchev–Trinajstić information content (AvgIpc) is 2.53. The zero-order valence-corrected chi connectivity index (χ0v) is 11.9. The Labute approximate surface area is 123 Å². The second-order valence-corrected chi connectivity index (χ2v) is 5.02. The van der Waals surface area contributed by atoms with Gasteiger partial charge in [0.05, 0.1) is 6.10 Å². The molecule has 21 heavy (non-hydrogen) atoms. The normalized spacial score (nSPS) is 14.6. The predicted molar refractivity (Wildman–Crippen MR) is 78.8 cm³/mol. The average molecular weight is 286 g/mol. The van der Waals surface area contributed by atoms with E-state index in [1.165, 1.54) is 0 Å². The minimum Gasteiger partial charge on any atom is -0.489 e. The number of fused-ring (bicyclic) bond motifs is 1. The maximum absolute atomic E-state index is 9.58. The Kier molecular flexibility index (Phi) is 3.97. The summed E-state index contributed by atoms with van der Waals surface area (Å²) in [6.07, 6.45) is -0.497. The number of hydrogen-bond acceptors (Lipinski definition) is 4. The topological polar surface area (TPSA) is 47.9 Å². The molecule has 0 saturated heterocycles. The Hall–Kier alpha value is -2.20. The molecule has 1 N–H and O–H groups in total. The van der Waals surface area contributed by atoms with Gasteiger partial charge in [-0.25, -0.2) is 0 Å². The molecule has 4 heteroatoms. The van der Waals surface area contributed by atoms with Crippen molar-refractivity contribution in [3.05, 3.63) is 53.6 Å². The first kappa shape index (κ1) is 13.8. The third-order valence-corrected chi connectivity index (χ3v) is 3.35. The van der Waals surface area contributed by atoms with Crippen molar-refractivity contribution in [3.8, 4) is 17.2 Å². The van der Waals surface area contributed by atoms with Crippen molar-refractivity contribution >= 4 is 0 Å². The Morgan fingerprint density at radius 1 is 1.10 bits per heavy atom. The van der Waals surface area contributed by atoms with E-state index in [4.69, 9.17) is 14.2 Å². The molecule has 0 aliphatic carbocycles. The highest BCUT2D eigenvalue weighted by Gasteiger charge is 2.12. The molecule has 2 aromatic carbocycles. The largest absolute Gasteiger partial charge is 0.489 e. The Morgan fingerprint density at radius 2 is 1.90 bits per heavy atom. The number of rotatable bonds is 4. The van der Waals surface area contributed by atoms with Crippen LogP contribution in [-0.2, 0) is 6.61 Å². The zero-order chi connectivity index (χ0) is 14.7. The van der Waals surface area contributed by atoms with Crippen molar-refractivity contribution in [2.75, 3.05) is 13.2 Å². The summed E-state index contributed by atoms with van der Waals surface area (Å²) in [5.41, 5.74) is 1.86. The van der Waals surface area contributed by atoms with E-state index in [0.29, 0.717) is 19.8 Å². The van der Waals surface area contributed by atoms with Crippen molar-refractivity contribution in [1.29, 1.82) is 0 Å². The van der Waals surface area contributed by atoms with Crippen LogP contribution in [0, 0.1) is 0 Å². The molecule has 1 heterocycles. The summed E-state index contributed by atoms with van der Waals surface area (Å²) in [6.45, 7) is 3.35. The van der Waals surface area contributed by atoms with Crippen molar-refractivity contribution < 1.29 is 19.3 Å². The van der Waals surface area contributed by atoms with Crippen LogP contribution in [0.15, 0.2) is 42.5 Å². The third-order valence-electron chi connectivity index (χ3n) is 3.35. The fraction of sp³-hybridized carbons (Fsp3) is 0.294. The van der Waals surface area contributed by atoms with Gasteiger partial charge in [0.15, 0.2) is 11.5 Å². The van der Waals surface area contributed by atoms with Gasteiger partial charge >= 0.3 is 0 Å². The summed E-state index contributed by atoms with van der Waals surface area (Å²) in [4.78, 5) is 0. The van der Waals surface area contributed by atoms with Gasteiger partial charge in [0.1, 0.15) is 25.6 Å². The van der Waals surface area contributed by atoms with Gasteiger partial charge in [-0.15, -0.1) is 0 Å². The van der Waals surface area contributed by atoms with Crippen molar-refractivity contribution in [2.45, 2.75) is 19.6 Å². The highest BCUT2D eigenvalue weighted by atomic mass is 16.6. The standard InChI is InChI=1S/C17H18O4/c1-12(18)14-3-2-4-15(10-14)21-11-13-5-6-16-17(9-13)20-8-7-19-16/h2-6,9-10,12,18H,7-8,11H2,1H3. The van der Waals surface area contributed by atoms with Gasteiger partial charge in [-0.1, -0.05) is 18.2 Å². The Bertz CT molecular complexity index is 622. The van der Waals surface area contributed by atoms with Crippen LogP contribution in [0.1, 0.15) is 24.2 Å². The van der Waals surface area contributed by atoms with Gasteiger partial charge in [-0.05, 0) is 42.3 Å². The van der Waals surface area contributed by atoms with Crippen LogP contribution < -0.4 is 14.2 Å². The molecule has 0 amide bonds. The molecule has 2 aromatic rings. The van der Waals surface area contributed by atoms with E-state index >= 15 is 0 Å². The molecule has 110 valence electrons. The van der Waals surface area contributed by atoms with Gasteiger partial charge in [0, 0.05) is 0 Å². The molecular formula is C17H18O4. The lowest BCUT2D eigenvalue weighted by molar-refractivity contribution is 0.171. The number of benzene rings is 2. The molecule has 1 aliphatic heterocycles. The second kappa shape index (κ2) is 6.06. The van der Waals surface area contributed by atoms with Gasteiger partial charge < -0.3 is 19.3 Å². The van der Waals surface area contributed by atoms with Crippen LogP contribution in [0.4, 0.5) is 0 Å². The van der Waals surface area contributed by atoms with E-state index in [0.717, 1.165) is 28.4 Å². The second-order valence-electron chi connectivity index (χ2n) is 5.02. The smallest absolute Gasteiger partial charge is 0.161 e. The van der Waals surface area contributed by atoms with Gasteiger partial charge in [-0.2, -0.15) is 0 Å². The minimum absolute atomic E-state index is 0.444. The number of hydrogen-bond donors (Lipinski definition) is 1. The molecule has 0 bridgehead atoms. The van der Waals surface area contributed by atoms with Crippen LogP contribution in [0.3, 0.4) is 0 Å². The monoisotopic (exact) mass is 286 g/mol. The molecule has 4 nitrogen and oxygen atoms in total. The first-order valence-electron chi connectivity index (χ1n) is 7.02. The lowest BCUT2D eigenvalue weighted by atomic mass is 10.1. The van der Waals surface area contributed by atoms with Crippen molar-refractivity contribution in [1.82, 2.24) is 0 Å². The highest BCUT2D eigenvalue weighted by Crippen LogP contribution is 2.31. The van der Waals surface area contributed by atoms with Crippen LogP contribution in [0.25, 0.3) is 0 Å². The molecular weight excluding hydrogens is 268 g/mol. The van der Waals surface area contributed by atoms with Gasteiger partial charge in [-0.3, -0.25) is 0 Å². The lowest BCUT2D eigenvalue weighted by Gasteiger charge is -2.19. The summed E-state index contributed by atoms with van der Waals surface area (Å²) in [7, 11) is 0. The van der Waals surface area contributed by atoms with E-state index < -0.39 is 6.10 Å². The van der Waals surface area contributed by atoms with E-state index in [1.807, 2.05) is 42.5 Å². The number of aliphatic hydroxyl groups is 1. The first-order chi connectivity index (χ1) is 10.2. The summed E-state index contributed by atoms with van der Waals surface area (Å²) < 4.78 is 16.8. The summed E-state index contributed by atoms with van der Waals surface area (Å²) in [5, 5.41) is 9.58. The van der Waals surface area contributed by atoms with Crippen LogP contribution in [-0.4, -0.2) is 18.3 Å². The van der Waals surface area contributed by atoms with Crippen LogP contribution >= 0.6 is 0 Å². The zero-order valence-electron chi connectivity index (χ0n) is 11.9.